The molecule has 0 amide bonds. The first-order valence-electron chi connectivity index (χ1n) is 8.78. The number of hydrogen-bond donors (Lipinski definition) is 2. The maximum absolute atomic E-state index is 5.75. The van der Waals surface area contributed by atoms with Crippen LogP contribution in [0.2, 0.25) is 0 Å². The van der Waals surface area contributed by atoms with E-state index < -0.39 is 0 Å². The summed E-state index contributed by atoms with van der Waals surface area (Å²) in [6.07, 6.45) is 1.83. The second-order valence-corrected chi connectivity index (χ2v) is 7.25. The van der Waals surface area contributed by atoms with Gasteiger partial charge in [-0.1, -0.05) is 18.2 Å². The average molecular weight is 363 g/mol. The van der Waals surface area contributed by atoms with Crippen LogP contribution >= 0.6 is 12.2 Å². The smallest absolute Gasteiger partial charge is 0.174 e. The molecule has 1 aliphatic heterocycles. The summed E-state index contributed by atoms with van der Waals surface area (Å²) in [6, 6.07) is 16.8. The number of nitrogens with zero attached hydrogens (tertiary/aromatic N) is 2. The molecule has 3 aromatic rings. The third-order valence-electron chi connectivity index (χ3n) is 4.89. The first-order valence-corrected chi connectivity index (χ1v) is 9.19. The van der Waals surface area contributed by atoms with Crippen molar-refractivity contribution in [2.75, 3.05) is 4.90 Å². The molecular weight excluding hydrogens is 340 g/mol. The Balaban J connectivity index is 1.87. The number of nitrogens with one attached hydrogen (secondary N) is 2. The van der Waals surface area contributed by atoms with E-state index in [2.05, 4.69) is 77.4 Å². The molecule has 2 atom stereocenters. The number of aryl methyl sites for hydroxylation is 3. The summed E-state index contributed by atoms with van der Waals surface area (Å²) in [5.41, 5.74) is 6.87. The van der Waals surface area contributed by atoms with Crippen molar-refractivity contribution in [1.82, 2.24) is 15.3 Å². The van der Waals surface area contributed by atoms with Gasteiger partial charge in [0.15, 0.2) is 5.11 Å². The molecule has 0 saturated carbocycles. The van der Waals surface area contributed by atoms with Gasteiger partial charge in [-0.3, -0.25) is 4.98 Å². The van der Waals surface area contributed by atoms with Crippen molar-refractivity contribution in [3.05, 3.63) is 82.9 Å². The second kappa shape index (κ2) is 6.57. The molecule has 0 aliphatic carbocycles. The summed E-state index contributed by atoms with van der Waals surface area (Å²) in [4.78, 5) is 10.3. The Morgan fingerprint density at radius 2 is 1.88 bits per heavy atom. The van der Waals surface area contributed by atoms with Gasteiger partial charge in [-0.15, -0.1) is 0 Å². The van der Waals surface area contributed by atoms with Crippen LogP contribution in [-0.4, -0.2) is 15.1 Å². The summed E-state index contributed by atoms with van der Waals surface area (Å²) in [5.74, 6) is 0. The summed E-state index contributed by atoms with van der Waals surface area (Å²) in [7, 11) is 0. The van der Waals surface area contributed by atoms with Crippen LogP contribution in [0.25, 0.3) is 0 Å². The Bertz CT molecular complexity index is 948. The maximum atomic E-state index is 5.75. The lowest BCUT2D eigenvalue weighted by atomic mass is 9.96. The maximum Gasteiger partial charge on any atom is 0.174 e. The second-order valence-electron chi connectivity index (χ2n) is 6.87. The molecular formula is C21H22N4S. The number of hydrogen-bond acceptors (Lipinski definition) is 2. The van der Waals surface area contributed by atoms with Crippen LogP contribution < -0.4 is 10.2 Å². The van der Waals surface area contributed by atoms with Gasteiger partial charge in [0.2, 0.25) is 0 Å². The Morgan fingerprint density at radius 3 is 2.54 bits per heavy atom. The van der Waals surface area contributed by atoms with E-state index in [0.717, 1.165) is 27.9 Å². The zero-order valence-electron chi connectivity index (χ0n) is 15.2. The SMILES string of the molecule is Cc1cccc(N2C(=S)N[C@@H](c3ccccn3)[C@H]2c2cc(C)[nH]c2C)c1. The Hall–Kier alpha value is -2.66. The first kappa shape index (κ1) is 16.8. The minimum absolute atomic E-state index is 0.00175. The van der Waals surface area contributed by atoms with Gasteiger partial charge in [-0.25, -0.2) is 0 Å². The van der Waals surface area contributed by atoms with Crippen LogP contribution in [0.15, 0.2) is 54.7 Å². The predicted molar refractivity (Wildman–Crippen MR) is 109 cm³/mol. The van der Waals surface area contributed by atoms with Crippen molar-refractivity contribution in [2.45, 2.75) is 32.9 Å². The van der Waals surface area contributed by atoms with Crippen molar-refractivity contribution in [3.63, 3.8) is 0 Å². The molecule has 1 saturated heterocycles. The van der Waals surface area contributed by atoms with Crippen molar-refractivity contribution >= 4 is 23.0 Å². The summed E-state index contributed by atoms with van der Waals surface area (Å²) in [6.45, 7) is 6.31. The van der Waals surface area contributed by atoms with Gasteiger partial charge in [-0.2, -0.15) is 0 Å². The number of pyridine rings is 1. The van der Waals surface area contributed by atoms with Gasteiger partial charge in [-0.05, 0) is 74.4 Å². The minimum Gasteiger partial charge on any atom is -0.362 e. The van der Waals surface area contributed by atoms with Crippen LogP contribution in [-0.2, 0) is 0 Å². The van der Waals surface area contributed by atoms with E-state index in [1.807, 2.05) is 18.3 Å². The van der Waals surface area contributed by atoms with Gasteiger partial charge in [0.05, 0.1) is 17.8 Å². The quantitative estimate of drug-likeness (QED) is 0.673. The molecule has 0 unspecified atom stereocenters. The molecule has 0 spiro atoms. The predicted octanol–water partition coefficient (Wildman–Crippen LogP) is 4.51. The van der Waals surface area contributed by atoms with Crippen LogP contribution in [0, 0.1) is 20.8 Å². The molecule has 4 rings (SSSR count). The third kappa shape index (κ3) is 2.88. The van der Waals surface area contributed by atoms with Crippen LogP contribution in [0.4, 0.5) is 5.69 Å². The van der Waals surface area contributed by atoms with Gasteiger partial charge in [0.1, 0.15) is 0 Å². The van der Waals surface area contributed by atoms with E-state index in [4.69, 9.17) is 12.2 Å². The van der Waals surface area contributed by atoms with Gasteiger partial charge >= 0.3 is 0 Å². The van der Waals surface area contributed by atoms with Gasteiger partial charge in [0.25, 0.3) is 0 Å². The first-order chi connectivity index (χ1) is 12.5. The normalized spacial score (nSPS) is 19.7. The molecule has 1 fully saturated rings. The van der Waals surface area contributed by atoms with E-state index in [-0.39, 0.29) is 12.1 Å². The third-order valence-corrected chi connectivity index (χ3v) is 5.20. The van der Waals surface area contributed by atoms with Crippen molar-refractivity contribution < 1.29 is 0 Å². The summed E-state index contributed by atoms with van der Waals surface area (Å²) in [5, 5.41) is 4.24. The van der Waals surface area contributed by atoms with Gasteiger partial charge in [0, 0.05) is 23.3 Å². The fourth-order valence-corrected chi connectivity index (χ4v) is 4.13. The number of benzene rings is 1. The summed E-state index contributed by atoms with van der Waals surface area (Å²) >= 11 is 5.75. The van der Waals surface area contributed by atoms with E-state index >= 15 is 0 Å². The molecule has 4 nitrogen and oxygen atoms in total. The topological polar surface area (TPSA) is 44.0 Å². The highest BCUT2D eigenvalue weighted by atomic mass is 32.1. The Morgan fingerprint density at radius 1 is 1.04 bits per heavy atom. The van der Waals surface area contributed by atoms with Crippen LogP contribution in [0.3, 0.4) is 0 Å². The number of thiocarbonyl (C=S) groups is 1. The highest BCUT2D eigenvalue weighted by Gasteiger charge is 2.41. The number of aromatic nitrogens is 2. The number of aromatic amines is 1. The van der Waals surface area contributed by atoms with E-state index in [9.17, 15) is 0 Å². The standard InChI is InChI=1S/C21H22N4S/c1-13-7-6-8-16(11-13)25-20(17-12-14(2)23-15(17)3)19(24-21(25)26)18-9-4-5-10-22-18/h4-12,19-20,23H,1-3H3,(H,24,26)/t19-,20+/m0/s1. The number of anilines is 1. The highest BCUT2D eigenvalue weighted by Crippen LogP contribution is 2.42. The molecule has 3 heterocycles. The Labute approximate surface area is 159 Å². The largest absolute Gasteiger partial charge is 0.362 e. The van der Waals surface area contributed by atoms with Crippen LogP contribution in [0.1, 0.15) is 40.3 Å². The fourth-order valence-electron chi connectivity index (χ4n) is 3.78. The zero-order valence-corrected chi connectivity index (χ0v) is 16.0. The molecule has 132 valence electrons. The van der Waals surface area contributed by atoms with E-state index in [1.54, 1.807) is 0 Å². The molecule has 1 aliphatic rings. The average Bonchev–Trinajstić information content (AvgIpc) is 3.14. The lowest BCUT2D eigenvalue weighted by Gasteiger charge is -2.28. The van der Waals surface area contributed by atoms with Crippen molar-refractivity contribution in [1.29, 1.82) is 0 Å². The molecule has 0 bridgehead atoms. The van der Waals surface area contributed by atoms with Crippen molar-refractivity contribution in [2.24, 2.45) is 0 Å². The monoisotopic (exact) mass is 362 g/mol. The fraction of sp³-hybridized carbons (Fsp3) is 0.238. The van der Waals surface area contributed by atoms with Gasteiger partial charge < -0.3 is 15.2 Å². The van der Waals surface area contributed by atoms with E-state index in [1.165, 1.54) is 11.1 Å². The lowest BCUT2D eigenvalue weighted by Crippen LogP contribution is -2.29. The molecule has 1 aromatic carbocycles. The molecule has 5 heteroatoms. The molecule has 2 N–H and O–H groups in total. The molecule has 0 radical (unpaired) electrons. The highest BCUT2D eigenvalue weighted by molar-refractivity contribution is 7.80. The van der Waals surface area contributed by atoms with Crippen molar-refractivity contribution in [3.8, 4) is 0 Å². The number of rotatable bonds is 3. The zero-order chi connectivity index (χ0) is 18.3. The number of H-pyrrole nitrogens is 1. The lowest BCUT2D eigenvalue weighted by molar-refractivity contribution is 0.566. The van der Waals surface area contributed by atoms with Crippen LogP contribution in [0.5, 0.6) is 0 Å². The Kier molecular flexibility index (Phi) is 4.24. The summed E-state index contributed by atoms with van der Waals surface area (Å²) < 4.78 is 0. The molecule has 2 aromatic heterocycles. The molecule has 26 heavy (non-hydrogen) atoms. The minimum atomic E-state index is -0.00175. The van der Waals surface area contributed by atoms with E-state index in [0.29, 0.717) is 0 Å².